The van der Waals surface area contributed by atoms with Gasteiger partial charge in [-0.2, -0.15) is 0 Å². The van der Waals surface area contributed by atoms with Gasteiger partial charge >= 0.3 is 0 Å². The molecule has 0 atom stereocenters. The predicted octanol–water partition coefficient (Wildman–Crippen LogP) is 15.8. The van der Waals surface area contributed by atoms with Gasteiger partial charge in [-0.05, 0) is 104 Å². The van der Waals surface area contributed by atoms with Crippen LogP contribution in [0.3, 0.4) is 0 Å². The minimum atomic E-state index is 0.496. The van der Waals surface area contributed by atoms with Crippen molar-refractivity contribution in [1.29, 1.82) is 0 Å². The van der Waals surface area contributed by atoms with Gasteiger partial charge in [0, 0.05) is 40.3 Å². The highest BCUT2D eigenvalue weighted by atomic mass is 35.5. The lowest BCUT2D eigenvalue weighted by Crippen LogP contribution is -2.03. The summed E-state index contributed by atoms with van der Waals surface area (Å²) in [6.45, 7) is 18.6. The van der Waals surface area contributed by atoms with Crippen LogP contribution in [0.1, 0.15) is 66.8 Å². The molecule has 0 spiro atoms. The molecule has 7 aromatic rings. The van der Waals surface area contributed by atoms with Gasteiger partial charge in [-0.25, -0.2) is 0 Å². The van der Waals surface area contributed by atoms with E-state index in [1.54, 1.807) is 0 Å². The molecule has 318 valence electrons. The standard InChI is InChI=1S/C25H24ClNO.C16H14N.C9H10Cl2O.2C2H6/c1-18-8-13-24-23(16-18)19(2)25(21-6-4-3-5-7-21)27(24)17-20-9-11-22(12-10-20)28-15-14-26;1-11-8-9-15-14(10-11)12(2)16(17-15)13-6-4-3-5-7-13;10-5-6-12-9-3-1-8(7-11)2-4-9;2*1-2/h3-13,16H,14-15,17H2,1-2H3;4-10,17H,1-2H3;1-4H,5-7H2;2*1-2H3/q;+1;;;. The number of aromatic nitrogens is 2. The Bertz CT molecular complexity index is 2480. The molecule has 0 saturated heterocycles. The molecule has 1 aliphatic rings. The minimum absolute atomic E-state index is 0.496. The van der Waals surface area contributed by atoms with Crippen LogP contribution < -0.4 is 9.47 Å². The molecule has 4 nitrogen and oxygen atoms in total. The van der Waals surface area contributed by atoms with E-state index in [1.807, 2.05) is 76.2 Å². The zero-order chi connectivity index (χ0) is 44.1. The van der Waals surface area contributed by atoms with Crippen LogP contribution >= 0.6 is 34.8 Å². The molecule has 0 bridgehead atoms. The number of H-pyrrole nitrogens is 1. The fourth-order valence-electron chi connectivity index (χ4n) is 6.91. The quantitative estimate of drug-likeness (QED) is 0.104. The molecule has 5 aromatic carbocycles. The van der Waals surface area contributed by atoms with Crippen molar-refractivity contribution in [1.82, 2.24) is 9.55 Å². The number of hydrogen-bond acceptors (Lipinski definition) is 2. The van der Waals surface area contributed by atoms with E-state index < -0.39 is 0 Å². The van der Waals surface area contributed by atoms with E-state index in [4.69, 9.17) is 44.3 Å². The van der Waals surface area contributed by atoms with E-state index in [9.17, 15) is 0 Å². The van der Waals surface area contributed by atoms with Crippen LogP contribution in [0.2, 0.25) is 0 Å². The number of fused-ring (bicyclic) bond motifs is 2. The summed E-state index contributed by atoms with van der Waals surface area (Å²) in [7, 11) is 0. The van der Waals surface area contributed by atoms with Crippen molar-refractivity contribution in [2.75, 3.05) is 25.0 Å². The fourth-order valence-corrected chi connectivity index (χ4v) is 7.25. The summed E-state index contributed by atoms with van der Waals surface area (Å²) < 4.78 is 13.3. The van der Waals surface area contributed by atoms with Crippen LogP contribution in [-0.4, -0.2) is 34.5 Å². The topological polar surface area (TPSA) is 39.2 Å². The van der Waals surface area contributed by atoms with Crippen molar-refractivity contribution in [3.63, 3.8) is 0 Å². The van der Waals surface area contributed by atoms with Crippen LogP contribution in [0.5, 0.6) is 11.5 Å². The lowest BCUT2D eigenvalue weighted by Gasteiger charge is -2.13. The third kappa shape index (κ3) is 13.4. The number of aromatic amines is 1. The molecular weight excluding hydrogens is 815 g/mol. The summed E-state index contributed by atoms with van der Waals surface area (Å²) in [6, 6.07) is 39.9. The Morgan fingerprint density at radius 1 is 0.623 bits per heavy atom. The van der Waals surface area contributed by atoms with Gasteiger partial charge in [-0.1, -0.05) is 106 Å². The second-order valence-electron chi connectivity index (χ2n) is 13.9. The van der Waals surface area contributed by atoms with Crippen molar-refractivity contribution in [2.24, 2.45) is 0 Å². The van der Waals surface area contributed by atoms with E-state index in [-0.39, 0.29) is 0 Å². The Hall–Kier alpha value is -5.22. The number of benzene rings is 5. The summed E-state index contributed by atoms with van der Waals surface area (Å²) >= 11 is 16.8. The van der Waals surface area contributed by atoms with Gasteiger partial charge in [0.25, 0.3) is 0 Å². The molecule has 0 saturated carbocycles. The van der Waals surface area contributed by atoms with E-state index in [0.717, 1.165) is 23.6 Å². The number of hydrogen-bond donors (Lipinski definition) is 1. The maximum Gasteiger partial charge on any atom is 0.119 e. The first-order valence-electron chi connectivity index (χ1n) is 21.1. The van der Waals surface area contributed by atoms with E-state index in [1.165, 1.54) is 72.1 Å². The number of allylic oxidation sites excluding steroid dienone is 6. The first kappa shape index (κ1) is 48.4. The molecule has 0 unspecified atom stereocenters. The zero-order valence-corrected chi connectivity index (χ0v) is 39.2. The Morgan fingerprint density at radius 3 is 1.75 bits per heavy atom. The van der Waals surface area contributed by atoms with Gasteiger partial charge < -0.3 is 19.0 Å². The molecule has 2 heterocycles. The largest absolute Gasteiger partial charge is 0.492 e. The van der Waals surface area contributed by atoms with Gasteiger partial charge in [0.1, 0.15) is 42.4 Å². The molecular formula is C54H60Cl3N2O2+. The molecule has 1 N–H and O–H groups in total. The number of halogens is 3. The molecule has 0 amide bonds. The summed E-state index contributed by atoms with van der Waals surface area (Å²) in [5, 5.41) is 2.63. The number of nitrogens with zero attached hydrogens (tertiary/aromatic N) is 1. The average molecular weight is 875 g/mol. The molecule has 61 heavy (non-hydrogen) atoms. The zero-order valence-electron chi connectivity index (χ0n) is 36.9. The normalized spacial score (nSPS) is 11.1. The maximum atomic E-state index is 5.71. The lowest BCUT2D eigenvalue weighted by molar-refractivity contribution is 0.342. The summed E-state index contributed by atoms with van der Waals surface area (Å²) in [4.78, 5) is 3.49. The highest BCUT2D eigenvalue weighted by molar-refractivity contribution is 6.18. The maximum absolute atomic E-state index is 5.71. The first-order valence-corrected chi connectivity index (χ1v) is 22.7. The molecule has 7 heteroatoms. The monoisotopic (exact) mass is 873 g/mol. The predicted molar refractivity (Wildman–Crippen MR) is 266 cm³/mol. The SMILES string of the molecule is CC.CC.Cc1ccc2[nH]c(C3=CC=[C+]C=C3)c(C)c2c1.Cc1ccc2c(c1)c(C)c(-c1ccccc1)n2Cc1ccc(OCCCl)cc1.ClCCOc1ccc(CCl)cc1. The highest BCUT2D eigenvalue weighted by Gasteiger charge is 2.17. The molecule has 0 aliphatic heterocycles. The van der Waals surface area contributed by atoms with E-state index >= 15 is 0 Å². The van der Waals surface area contributed by atoms with Gasteiger partial charge in [0.2, 0.25) is 0 Å². The third-order valence-electron chi connectivity index (χ3n) is 9.77. The van der Waals surface area contributed by atoms with Gasteiger partial charge in [-0.3, -0.25) is 0 Å². The number of nitrogens with one attached hydrogen (secondary N) is 1. The Balaban J connectivity index is 0.000000211. The van der Waals surface area contributed by atoms with Crippen LogP contribution in [0.25, 0.3) is 38.6 Å². The second-order valence-corrected chi connectivity index (χ2v) is 14.9. The summed E-state index contributed by atoms with van der Waals surface area (Å²) in [5.41, 5.74) is 15.0. The van der Waals surface area contributed by atoms with Crippen molar-refractivity contribution >= 4 is 62.2 Å². The Kier molecular flexibility index (Phi) is 20.3. The molecule has 0 fully saturated rings. The second kappa shape index (κ2) is 25.5. The van der Waals surface area contributed by atoms with Crippen molar-refractivity contribution in [2.45, 2.75) is 67.8 Å². The molecule has 2 aromatic heterocycles. The van der Waals surface area contributed by atoms with Crippen molar-refractivity contribution in [3.8, 4) is 22.8 Å². The van der Waals surface area contributed by atoms with Crippen molar-refractivity contribution in [3.05, 3.63) is 185 Å². The van der Waals surface area contributed by atoms with Crippen molar-refractivity contribution < 1.29 is 9.47 Å². The number of alkyl halides is 3. The third-order valence-corrected chi connectivity index (χ3v) is 10.4. The van der Waals surface area contributed by atoms with Gasteiger partial charge in [0.15, 0.2) is 0 Å². The first-order chi connectivity index (χ1) is 29.8. The summed E-state index contributed by atoms with van der Waals surface area (Å²) in [5.74, 6) is 3.24. The van der Waals surface area contributed by atoms with Crippen LogP contribution in [0, 0.1) is 33.8 Å². The van der Waals surface area contributed by atoms with E-state index in [0.29, 0.717) is 30.9 Å². The Labute approximate surface area is 379 Å². The van der Waals surface area contributed by atoms with Gasteiger partial charge in [-0.15, -0.1) is 34.8 Å². The summed E-state index contributed by atoms with van der Waals surface area (Å²) in [6.07, 6.45) is 11.1. The Morgan fingerprint density at radius 2 is 1.20 bits per heavy atom. The average Bonchev–Trinajstić information content (AvgIpc) is 3.78. The molecule has 0 radical (unpaired) electrons. The number of rotatable bonds is 11. The van der Waals surface area contributed by atoms with Crippen LogP contribution in [0.15, 0.2) is 140 Å². The smallest absolute Gasteiger partial charge is 0.119 e. The van der Waals surface area contributed by atoms with Crippen LogP contribution in [0.4, 0.5) is 0 Å². The highest BCUT2D eigenvalue weighted by Crippen LogP contribution is 2.35. The number of aryl methyl sites for hydroxylation is 4. The van der Waals surface area contributed by atoms with Gasteiger partial charge in [0.05, 0.1) is 35.3 Å². The lowest BCUT2D eigenvalue weighted by atomic mass is 10.0. The number of ether oxygens (including phenoxy) is 2. The molecule has 8 rings (SSSR count). The van der Waals surface area contributed by atoms with Crippen LogP contribution in [-0.2, 0) is 12.4 Å². The van der Waals surface area contributed by atoms with E-state index in [2.05, 4.69) is 134 Å². The minimum Gasteiger partial charge on any atom is -0.492 e. The molecule has 1 aliphatic carbocycles. The fraction of sp³-hybridized carbons (Fsp3) is 0.259.